The predicted octanol–water partition coefficient (Wildman–Crippen LogP) is 1.70. The Kier molecular flexibility index (Phi) is 6.88. The number of amides is 1. The van der Waals surface area contributed by atoms with Gasteiger partial charge in [0.25, 0.3) is 5.91 Å². The van der Waals surface area contributed by atoms with Crippen LogP contribution in [0.15, 0.2) is 24.3 Å². The van der Waals surface area contributed by atoms with Crippen LogP contribution in [0.2, 0.25) is 0 Å². The number of hydrogen-bond donors (Lipinski definition) is 2. The molecule has 0 bridgehead atoms. The van der Waals surface area contributed by atoms with E-state index in [9.17, 15) is 9.00 Å². The van der Waals surface area contributed by atoms with E-state index in [1.54, 1.807) is 24.5 Å². The first kappa shape index (κ1) is 16.9. The van der Waals surface area contributed by atoms with Crippen LogP contribution >= 0.6 is 0 Å². The van der Waals surface area contributed by atoms with E-state index in [2.05, 4.69) is 5.32 Å². The minimum absolute atomic E-state index is 0.0449. The van der Waals surface area contributed by atoms with Gasteiger partial charge in [-0.15, -0.1) is 0 Å². The highest BCUT2D eigenvalue weighted by Crippen LogP contribution is 2.10. The highest BCUT2D eigenvalue weighted by molar-refractivity contribution is 7.83. The molecule has 2 N–H and O–H groups in total. The standard InChI is InChI=1S/C15H23NO3S/c1-11(2)14(7-8-17)16-15(18)13-6-4-5-12(9-13)10-20(3)19/h4-6,9,11,14,17H,7-8,10H2,1-3H3,(H,16,18). The van der Waals surface area contributed by atoms with Gasteiger partial charge in [0, 0.05) is 41.0 Å². The normalized spacial score (nSPS) is 14.1. The highest BCUT2D eigenvalue weighted by Gasteiger charge is 2.16. The molecule has 0 heterocycles. The molecule has 0 aliphatic carbocycles. The van der Waals surface area contributed by atoms with Gasteiger partial charge in [0.2, 0.25) is 0 Å². The third-order valence-electron chi connectivity index (χ3n) is 3.12. The molecule has 1 amide bonds. The molecule has 2 atom stereocenters. The quantitative estimate of drug-likeness (QED) is 0.805. The largest absolute Gasteiger partial charge is 0.396 e. The smallest absolute Gasteiger partial charge is 0.251 e. The fourth-order valence-electron chi connectivity index (χ4n) is 2.00. The molecule has 4 nitrogen and oxygen atoms in total. The average Bonchev–Trinajstić information content (AvgIpc) is 2.37. The maximum absolute atomic E-state index is 12.2. The summed E-state index contributed by atoms with van der Waals surface area (Å²) in [6.07, 6.45) is 2.19. The van der Waals surface area contributed by atoms with Gasteiger partial charge in [-0.05, 0) is 30.0 Å². The SMILES string of the molecule is CC(C)C(CCO)NC(=O)c1cccc(CS(C)=O)c1. The summed E-state index contributed by atoms with van der Waals surface area (Å²) in [7, 11) is -0.924. The number of carbonyl (C=O) groups is 1. The van der Waals surface area contributed by atoms with Crippen LogP contribution in [0.25, 0.3) is 0 Å². The second-order valence-electron chi connectivity index (χ2n) is 5.25. The maximum atomic E-state index is 12.2. The summed E-state index contributed by atoms with van der Waals surface area (Å²) in [5.74, 6) is 0.559. The van der Waals surface area contributed by atoms with Gasteiger partial charge in [-0.2, -0.15) is 0 Å². The van der Waals surface area contributed by atoms with Crippen LogP contribution < -0.4 is 5.32 Å². The van der Waals surface area contributed by atoms with E-state index >= 15 is 0 Å². The molecule has 0 aliphatic heterocycles. The Morgan fingerprint density at radius 3 is 2.65 bits per heavy atom. The average molecular weight is 297 g/mol. The number of rotatable bonds is 7. The Balaban J connectivity index is 2.78. The second-order valence-corrected chi connectivity index (χ2v) is 6.69. The molecule has 0 radical (unpaired) electrons. The first-order chi connectivity index (χ1) is 9.43. The molecule has 5 heteroatoms. The zero-order valence-electron chi connectivity index (χ0n) is 12.3. The summed E-state index contributed by atoms with van der Waals surface area (Å²) in [4.78, 5) is 12.2. The van der Waals surface area contributed by atoms with Crippen LogP contribution in [-0.4, -0.2) is 34.1 Å². The van der Waals surface area contributed by atoms with Crippen molar-refractivity contribution in [2.45, 2.75) is 32.1 Å². The van der Waals surface area contributed by atoms with Crippen molar-refractivity contribution in [3.63, 3.8) is 0 Å². The Morgan fingerprint density at radius 1 is 1.40 bits per heavy atom. The van der Waals surface area contributed by atoms with Gasteiger partial charge in [-0.3, -0.25) is 9.00 Å². The first-order valence-electron chi connectivity index (χ1n) is 6.74. The number of aliphatic hydroxyl groups is 1. The van der Waals surface area contributed by atoms with Crippen molar-refractivity contribution in [3.8, 4) is 0 Å². The summed E-state index contributed by atoms with van der Waals surface area (Å²) in [6, 6.07) is 7.14. The molecule has 1 rings (SSSR count). The lowest BCUT2D eigenvalue weighted by atomic mass is 10.0. The van der Waals surface area contributed by atoms with Crippen molar-refractivity contribution in [2.75, 3.05) is 12.9 Å². The number of hydrogen-bond acceptors (Lipinski definition) is 3. The third kappa shape index (κ3) is 5.43. The topological polar surface area (TPSA) is 66.4 Å². The van der Waals surface area contributed by atoms with Crippen molar-refractivity contribution in [2.24, 2.45) is 5.92 Å². The van der Waals surface area contributed by atoms with Gasteiger partial charge in [0.1, 0.15) is 0 Å². The molecular weight excluding hydrogens is 274 g/mol. The highest BCUT2D eigenvalue weighted by atomic mass is 32.2. The summed E-state index contributed by atoms with van der Waals surface area (Å²) < 4.78 is 11.2. The predicted molar refractivity (Wildman–Crippen MR) is 82.0 cm³/mol. The van der Waals surface area contributed by atoms with Gasteiger partial charge in [-0.25, -0.2) is 0 Å². The molecule has 0 fully saturated rings. The first-order valence-corrected chi connectivity index (χ1v) is 8.47. The Bertz CT molecular complexity index is 474. The van der Waals surface area contributed by atoms with Crippen LogP contribution in [0, 0.1) is 5.92 Å². The van der Waals surface area contributed by atoms with Crippen molar-refractivity contribution in [3.05, 3.63) is 35.4 Å². The second kappa shape index (κ2) is 8.17. The van der Waals surface area contributed by atoms with Crippen LogP contribution in [0.1, 0.15) is 36.2 Å². The molecule has 0 saturated carbocycles. The van der Waals surface area contributed by atoms with E-state index in [0.717, 1.165) is 5.56 Å². The molecule has 0 saturated heterocycles. The molecule has 0 aliphatic rings. The van der Waals surface area contributed by atoms with E-state index in [0.29, 0.717) is 17.7 Å². The number of nitrogens with one attached hydrogen (secondary N) is 1. The van der Waals surface area contributed by atoms with Gasteiger partial charge < -0.3 is 10.4 Å². The molecule has 1 aromatic rings. The van der Waals surface area contributed by atoms with E-state index in [1.807, 2.05) is 19.9 Å². The Labute approximate surface area is 123 Å². The lowest BCUT2D eigenvalue weighted by Crippen LogP contribution is -2.39. The lowest BCUT2D eigenvalue weighted by molar-refractivity contribution is 0.0916. The zero-order valence-corrected chi connectivity index (χ0v) is 13.1. The van der Waals surface area contributed by atoms with E-state index in [-0.39, 0.29) is 24.5 Å². The van der Waals surface area contributed by atoms with E-state index in [4.69, 9.17) is 5.11 Å². The summed E-state index contributed by atoms with van der Waals surface area (Å²) in [6.45, 7) is 4.08. The van der Waals surface area contributed by atoms with Crippen molar-refractivity contribution in [1.82, 2.24) is 5.32 Å². The van der Waals surface area contributed by atoms with Gasteiger partial charge in [-0.1, -0.05) is 26.0 Å². The summed E-state index contributed by atoms with van der Waals surface area (Å²) in [5, 5.41) is 12.0. The van der Waals surface area contributed by atoms with Gasteiger partial charge in [0.15, 0.2) is 0 Å². The van der Waals surface area contributed by atoms with Crippen LogP contribution in [0.4, 0.5) is 0 Å². The van der Waals surface area contributed by atoms with Crippen LogP contribution in [0.5, 0.6) is 0 Å². The number of carbonyl (C=O) groups excluding carboxylic acids is 1. The minimum atomic E-state index is -0.924. The Hall–Kier alpha value is -1.20. The van der Waals surface area contributed by atoms with Crippen LogP contribution in [-0.2, 0) is 16.6 Å². The molecule has 112 valence electrons. The van der Waals surface area contributed by atoms with Crippen molar-refractivity contribution < 1.29 is 14.1 Å². The van der Waals surface area contributed by atoms with Gasteiger partial charge in [0.05, 0.1) is 0 Å². The maximum Gasteiger partial charge on any atom is 0.251 e. The molecule has 2 unspecified atom stereocenters. The number of aliphatic hydroxyl groups excluding tert-OH is 1. The minimum Gasteiger partial charge on any atom is -0.396 e. The lowest BCUT2D eigenvalue weighted by Gasteiger charge is -2.21. The molecule has 20 heavy (non-hydrogen) atoms. The third-order valence-corrected chi connectivity index (χ3v) is 3.86. The number of benzene rings is 1. The van der Waals surface area contributed by atoms with Crippen LogP contribution in [0.3, 0.4) is 0 Å². The fraction of sp³-hybridized carbons (Fsp3) is 0.533. The molecule has 1 aromatic carbocycles. The monoisotopic (exact) mass is 297 g/mol. The fourth-order valence-corrected chi connectivity index (χ4v) is 2.65. The van der Waals surface area contributed by atoms with Gasteiger partial charge >= 0.3 is 0 Å². The molecular formula is C15H23NO3S. The van der Waals surface area contributed by atoms with E-state index < -0.39 is 10.8 Å². The van der Waals surface area contributed by atoms with Crippen molar-refractivity contribution in [1.29, 1.82) is 0 Å². The zero-order chi connectivity index (χ0) is 15.1. The summed E-state index contributed by atoms with van der Waals surface area (Å²) >= 11 is 0. The molecule has 0 spiro atoms. The van der Waals surface area contributed by atoms with E-state index in [1.165, 1.54) is 0 Å². The van der Waals surface area contributed by atoms with Crippen molar-refractivity contribution >= 4 is 16.7 Å². The Morgan fingerprint density at radius 2 is 2.10 bits per heavy atom. The molecule has 0 aromatic heterocycles. The summed E-state index contributed by atoms with van der Waals surface area (Å²) in [5.41, 5.74) is 1.46.